The molecule has 0 unspecified atom stereocenters. The summed E-state index contributed by atoms with van der Waals surface area (Å²) in [5, 5.41) is 3.03. The summed E-state index contributed by atoms with van der Waals surface area (Å²) in [5.74, 6) is 0.0926. The first-order chi connectivity index (χ1) is 6.64. The summed E-state index contributed by atoms with van der Waals surface area (Å²) < 4.78 is 0. The van der Waals surface area contributed by atoms with Gasteiger partial charge in [-0.25, -0.2) is 0 Å². The predicted octanol–water partition coefficient (Wildman–Crippen LogP) is 1.52. The summed E-state index contributed by atoms with van der Waals surface area (Å²) in [6, 6.07) is 0.634. The molecule has 0 rings (SSSR count). The highest BCUT2D eigenvalue weighted by molar-refractivity contribution is 5.72. The van der Waals surface area contributed by atoms with E-state index in [0.717, 1.165) is 0 Å². The molecule has 0 aromatic heterocycles. The molecule has 0 saturated heterocycles. The third-order valence-electron chi connectivity index (χ3n) is 1.21. The van der Waals surface area contributed by atoms with Gasteiger partial charge in [-0.1, -0.05) is 21.3 Å². The topological polar surface area (TPSA) is 35.6 Å². The molecule has 0 radical (unpaired) electrons. The number of hydrogen-bond donors (Lipinski definition) is 1. The number of nitrogens with one attached hydrogen (secondary N) is 1. The van der Waals surface area contributed by atoms with Crippen LogP contribution in [0.5, 0.6) is 0 Å². The van der Waals surface area contributed by atoms with Crippen molar-refractivity contribution in [1.82, 2.24) is 15.1 Å². The minimum absolute atomic E-state index is 0. The van der Waals surface area contributed by atoms with Crippen LogP contribution >= 0.6 is 0 Å². The highest BCUT2D eigenvalue weighted by Crippen LogP contribution is 1.69. The van der Waals surface area contributed by atoms with E-state index < -0.39 is 0 Å². The zero-order valence-corrected chi connectivity index (χ0v) is 11.9. The first kappa shape index (κ1) is 24.6. The van der Waals surface area contributed by atoms with E-state index in [2.05, 4.69) is 19.2 Å². The minimum Gasteiger partial charge on any atom is -0.349 e. The van der Waals surface area contributed by atoms with Gasteiger partial charge in [0.1, 0.15) is 0 Å². The lowest BCUT2D eigenvalue weighted by molar-refractivity contribution is -0.126. The molecule has 16 heavy (non-hydrogen) atoms. The highest BCUT2D eigenvalue weighted by atomic mass is 16.2. The quantitative estimate of drug-likeness (QED) is 0.748. The van der Waals surface area contributed by atoms with Gasteiger partial charge >= 0.3 is 0 Å². The zero-order valence-electron chi connectivity index (χ0n) is 11.9. The molecule has 0 bridgehead atoms. The van der Waals surface area contributed by atoms with Crippen LogP contribution in [0.15, 0.2) is 0 Å². The summed E-state index contributed by atoms with van der Waals surface area (Å²) in [6.07, 6.45) is 0. The number of amides is 1. The Morgan fingerprint density at radius 1 is 1.06 bits per heavy atom. The Morgan fingerprint density at radius 2 is 1.19 bits per heavy atom. The Kier molecular flexibility index (Phi) is 25.8. The van der Waals surface area contributed by atoms with Crippen molar-refractivity contribution in [3.8, 4) is 0 Å². The molecule has 0 aliphatic heterocycles. The fraction of sp³-hybridized carbons (Fsp3) is 0.917. The molecule has 0 spiro atoms. The van der Waals surface area contributed by atoms with Crippen LogP contribution in [0.3, 0.4) is 0 Å². The van der Waals surface area contributed by atoms with E-state index in [4.69, 9.17) is 0 Å². The van der Waals surface area contributed by atoms with Gasteiger partial charge in [0.05, 0.1) is 0 Å². The first-order valence-electron chi connectivity index (χ1n) is 5.11. The zero-order chi connectivity index (χ0) is 13.0. The second kappa shape index (κ2) is 16.8. The predicted molar refractivity (Wildman–Crippen MR) is 74.9 cm³/mol. The smallest absolute Gasteiger partial charge is 0.218 e. The molecule has 0 aliphatic rings. The van der Waals surface area contributed by atoms with E-state index in [9.17, 15) is 4.79 Å². The van der Waals surface area contributed by atoms with Crippen molar-refractivity contribution >= 4 is 5.91 Å². The van der Waals surface area contributed by atoms with E-state index in [0.29, 0.717) is 6.04 Å². The molecule has 4 heteroatoms. The van der Waals surface area contributed by atoms with Gasteiger partial charge in [0.15, 0.2) is 0 Å². The lowest BCUT2D eigenvalue weighted by atomic mass is 10.4. The van der Waals surface area contributed by atoms with E-state index in [1.54, 1.807) is 14.1 Å². The van der Waals surface area contributed by atoms with Crippen molar-refractivity contribution in [2.24, 2.45) is 0 Å². The second-order valence-corrected chi connectivity index (χ2v) is 4.20. The lowest BCUT2D eigenvalue weighted by Crippen LogP contribution is -2.17. The van der Waals surface area contributed by atoms with Crippen LogP contribution in [0.25, 0.3) is 0 Å². The molecule has 1 amide bonds. The van der Waals surface area contributed by atoms with Gasteiger partial charge in [0.2, 0.25) is 5.91 Å². The standard InChI is InChI=1S/C4H9NO.C4H11N.C3H9N.CH4/c1-4(6)5(2)3;1-4(2)5-3;1-4(2)3;/h1-3H3;4-5H,1-3H3;1-3H3;1H4. The van der Waals surface area contributed by atoms with Crippen LogP contribution in [-0.2, 0) is 4.79 Å². The van der Waals surface area contributed by atoms with Gasteiger partial charge in [-0.05, 0) is 28.2 Å². The average Bonchev–Trinajstić information content (AvgIpc) is 2.04. The van der Waals surface area contributed by atoms with Crippen LogP contribution in [0.1, 0.15) is 28.2 Å². The fourth-order valence-corrected chi connectivity index (χ4v) is 0. The van der Waals surface area contributed by atoms with Gasteiger partial charge in [-0.15, -0.1) is 0 Å². The molecule has 0 aromatic carbocycles. The first-order valence-corrected chi connectivity index (χ1v) is 5.11. The monoisotopic (exact) mass is 235 g/mol. The van der Waals surface area contributed by atoms with Gasteiger partial charge in [-0.2, -0.15) is 0 Å². The average molecular weight is 235 g/mol. The summed E-state index contributed by atoms with van der Waals surface area (Å²) in [4.78, 5) is 13.6. The molecule has 0 fully saturated rings. The van der Waals surface area contributed by atoms with Gasteiger partial charge in [-0.3, -0.25) is 4.79 Å². The molecule has 1 N–H and O–H groups in total. The fourth-order valence-electron chi connectivity index (χ4n) is 0. The Morgan fingerprint density at radius 3 is 1.19 bits per heavy atom. The molecule has 0 saturated carbocycles. The van der Waals surface area contributed by atoms with E-state index >= 15 is 0 Å². The van der Waals surface area contributed by atoms with Crippen LogP contribution in [0.4, 0.5) is 0 Å². The summed E-state index contributed by atoms with van der Waals surface area (Å²) in [7, 11) is 11.4. The highest BCUT2D eigenvalue weighted by Gasteiger charge is 1.87. The summed E-state index contributed by atoms with van der Waals surface area (Å²) >= 11 is 0. The third kappa shape index (κ3) is 70.8. The van der Waals surface area contributed by atoms with Crippen molar-refractivity contribution in [2.45, 2.75) is 34.2 Å². The van der Waals surface area contributed by atoms with E-state index in [1.165, 1.54) is 11.8 Å². The number of hydrogen-bond acceptors (Lipinski definition) is 3. The largest absolute Gasteiger partial charge is 0.349 e. The number of rotatable bonds is 1. The van der Waals surface area contributed by atoms with Crippen molar-refractivity contribution in [3.05, 3.63) is 0 Å². The Balaban J connectivity index is -0.0000000668. The summed E-state index contributed by atoms with van der Waals surface area (Å²) in [6.45, 7) is 5.75. The Bertz CT molecular complexity index is 131. The van der Waals surface area contributed by atoms with Crippen molar-refractivity contribution in [1.29, 1.82) is 0 Å². The van der Waals surface area contributed by atoms with Gasteiger partial charge in [0, 0.05) is 27.1 Å². The van der Waals surface area contributed by atoms with Crippen molar-refractivity contribution in [3.63, 3.8) is 0 Å². The molecule has 4 nitrogen and oxygen atoms in total. The van der Waals surface area contributed by atoms with Crippen LogP contribution in [-0.4, -0.2) is 64.0 Å². The SMILES string of the molecule is C.CC(=O)N(C)C.CN(C)C.CNC(C)C. The number of carbonyl (C=O) groups excluding carboxylic acids is 1. The molecule has 0 aromatic rings. The normalized spacial score (nSPS) is 8.19. The summed E-state index contributed by atoms with van der Waals surface area (Å²) in [5.41, 5.74) is 0. The van der Waals surface area contributed by atoms with Crippen LogP contribution < -0.4 is 5.32 Å². The molecule has 0 heterocycles. The van der Waals surface area contributed by atoms with Crippen molar-refractivity contribution < 1.29 is 4.79 Å². The Hall–Kier alpha value is -0.610. The van der Waals surface area contributed by atoms with Crippen molar-refractivity contribution in [2.75, 3.05) is 42.3 Å². The van der Waals surface area contributed by atoms with E-state index in [-0.39, 0.29) is 13.3 Å². The second-order valence-electron chi connectivity index (χ2n) is 4.20. The maximum absolute atomic E-state index is 10.1. The molecule has 102 valence electrons. The molecule has 0 atom stereocenters. The van der Waals surface area contributed by atoms with Gasteiger partial charge in [0.25, 0.3) is 0 Å². The van der Waals surface area contributed by atoms with E-state index in [1.807, 2.05) is 33.1 Å². The lowest BCUT2D eigenvalue weighted by Gasteiger charge is -2.02. The van der Waals surface area contributed by atoms with Crippen LogP contribution in [0.2, 0.25) is 0 Å². The maximum atomic E-state index is 10.1. The Labute approximate surface area is 103 Å². The van der Waals surface area contributed by atoms with Crippen LogP contribution in [0, 0.1) is 0 Å². The molecule has 0 aliphatic carbocycles. The third-order valence-corrected chi connectivity index (χ3v) is 1.21. The molecular formula is C12H33N3O. The molecular weight excluding hydrogens is 202 g/mol. The number of nitrogens with zero attached hydrogens (tertiary/aromatic N) is 2. The van der Waals surface area contributed by atoms with Gasteiger partial charge < -0.3 is 15.1 Å². The maximum Gasteiger partial charge on any atom is 0.218 e. The minimum atomic E-state index is 0. The number of carbonyl (C=O) groups is 1.